The van der Waals surface area contributed by atoms with Crippen molar-refractivity contribution in [2.45, 2.75) is 26.2 Å². The van der Waals surface area contributed by atoms with Gasteiger partial charge in [0.1, 0.15) is 0 Å². The van der Waals surface area contributed by atoms with E-state index in [1.807, 2.05) is 60.7 Å². The lowest BCUT2D eigenvalue weighted by Crippen LogP contribution is -2.10. The molecule has 2 heterocycles. The van der Waals surface area contributed by atoms with Gasteiger partial charge < -0.3 is 8.83 Å². The Kier molecular flexibility index (Phi) is 5.42. The molecule has 0 fully saturated rings. The SMILES string of the molecule is C=Cc1ccc(-c2nnc(-c3cccc(-c4nnc(-c5ccc(C(C)(C)C)cc5)o4)c3)o2)cc1. The van der Waals surface area contributed by atoms with Crippen LogP contribution in [0, 0.1) is 0 Å². The van der Waals surface area contributed by atoms with Crippen LogP contribution in [0.4, 0.5) is 0 Å². The van der Waals surface area contributed by atoms with E-state index < -0.39 is 0 Å². The van der Waals surface area contributed by atoms with Crippen molar-refractivity contribution >= 4 is 6.08 Å². The lowest BCUT2D eigenvalue weighted by Gasteiger charge is -2.18. The highest BCUT2D eigenvalue weighted by Crippen LogP contribution is 2.30. The fourth-order valence-corrected chi connectivity index (χ4v) is 3.57. The van der Waals surface area contributed by atoms with Crippen molar-refractivity contribution in [3.8, 4) is 45.8 Å². The lowest BCUT2D eigenvalue weighted by molar-refractivity contribution is 0.581. The van der Waals surface area contributed by atoms with E-state index >= 15 is 0 Å². The fraction of sp³-hybridized carbons (Fsp3) is 0.143. The maximum Gasteiger partial charge on any atom is 0.248 e. The van der Waals surface area contributed by atoms with Gasteiger partial charge in [0.15, 0.2) is 0 Å². The van der Waals surface area contributed by atoms with Crippen LogP contribution in [0.15, 0.2) is 88.2 Å². The average molecular weight is 449 g/mol. The van der Waals surface area contributed by atoms with Crippen LogP contribution in [0.3, 0.4) is 0 Å². The van der Waals surface area contributed by atoms with E-state index in [-0.39, 0.29) is 5.41 Å². The number of aromatic nitrogens is 4. The van der Waals surface area contributed by atoms with Crippen molar-refractivity contribution < 1.29 is 8.83 Å². The summed E-state index contributed by atoms with van der Waals surface area (Å²) in [5.41, 5.74) is 5.64. The second-order valence-corrected chi connectivity index (χ2v) is 9.06. The van der Waals surface area contributed by atoms with Gasteiger partial charge in [-0.05, 0) is 59.0 Å². The maximum atomic E-state index is 5.97. The van der Waals surface area contributed by atoms with Crippen molar-refractivity contribution in [1.29, 1.82) is 0 Å². The van der Waals surface area contributed by atoms with E-state index in [9.17, 15) is 0 Å². The molecule has 0 unspecified atom stereocenters. The number of hydrogen-bond donors (Lipinski definition) is 0. The van der Waals surface area contributed by atoms with Crippen molar-refractivity contribution in [2.24, 2.45) is 0 Å². The summed E-state index contributed by atoms with van der Waals surface area (Å²) in [6, 6.07) is 23.6. The van der Waals surface area contributed by atoms with Crippen molar-refractivity contribution in [1.82, 2.24) is 20.4 Å². The van der Waals surface area contributed by atoms with Gasteiger partial charge in [0.05, 0.1) is 0 Å². The number of nitrogens with zero attached hydrogens (tertiary/aromatic N) is 4. The van der Waals surface area contributed by atoms with Gasteiger partial charge in [0, 0.05) is 22.3 Å². The minimum atomic E-state index is 0.0859. The van der Waals surface area contributed by atoms with E-state index in [0.29, 0.717) is 23.6 Å². The molecule has 0 bridgehead atoms. The Morgan fingerprint density at radius 3 is 1.50 bits per heavy atom. The Labute approximate surface area is 198 Å². The number of benzene rings is 3. The number of rotatable bonds is 5. The zero-order valence-electron chi connectivity index (χ0n) is 19.3. The Morgan fingerprint density at radius 1 is 0.618 bits per heavy atom. The van der Waals surface area contributed by atoms with E-state index in [4.69, 9.17) is 8.83 Å². The average Bonchev–Trinajstić information content (AvgIpc) is 3.54. The third kappa shape index (κ3) is 4.30. The molecule has 0 amide bonds. The van der Waals surface area contributed by atoms with Crippen LogP contribution in [0.25, 0.3) is 51.9 Å². The predicted molar refractivity (Wildman–Crippen MR) is 133 cm³/mol. The molecule has 6 heteroatoms. The molecule has 6 nitrogen and oxygen atoms in total. The molecule has 34 heavy (non-hydrogen) atoms. The summed E-state index contributed by atoms with van der Waals surface area (Å²) in [6.07, 6.45) is 1.79. The van der Waals surface area contributed by atoms with Gasteiger partial charge >= 0.3 is 0 Å². The maximum absolute atomic E-state index is 5.97. The molecule has 0 saturated carbocycles. The summed E-state index contributed by atoms with van der Waals surface area (Å²) in [6.45, 7) is 10.3. The topological polar surface area (TPSA) is 77.8 Å². The van der Waals surface area contributed by atoms with Crippen LogP contribution >= 0.6 is 0 Å². The molecule has 0 aliphatic carbocycles. The van der Waals surface area contributed by atoms with E-state index in [1.165, 1.54) is 5.56 Å². The first kappa shape index (κ1) is 21.5. The lowest BCUT2D eigenvalue weighted by atomic mass is 9.87. The summed E-state index contributed by atoms with van der Waals surface area (Å²) in [7, 11) is 0. The molecule has 168 valence electrons. The van der Waals surface area contributed by atoms with Crippen LogP contribution < -0.4 is 0 Å². The van der Waals surface area contributed by atoms with Crippen molar-refractivity contribution in [2.75, 3.05) is 0 Å². The van der Waals surface area contributed by atoms with E-state index in [0.717, 1.165) is 27.8 Å². The summed E-state index contributed by atoms with van der Waals surface area (Å²) in [4.78, 5) is 0. The smallest absolute Gasteiger partial charge is 0.248 e. The molecule has 5 rings (SSSR count). The highest BCUT2D eigenvalue weighted by Gasteiger charge is 2.16. The third-order valence-corrected chi connectivity index (χ3v) is 5.60. The summed E-state index contributed by atoms with van der Waals surface area (Å²) < 4.78 is 11.9. The minimum Gasteiger partial charge on any atom is -0.416 e. The summed E-state index contributed by atoms with van der Waals surface area (Å²) >= 11 is 0. The van der Waals surface area contributed by atoms with E-state index in [2.05, 4.69) is 59.9 Å². The summed E-state index contributed by atoms with van der Waals surface area (Å²) in [5.74, 6) is 1.78. The van der Waals surface area contributed by atoms with Crippen LogP contribution in [0.1, 0.15) is 31.9 Å². The van der Waals surface area contributed by atoms with Gasteiger partial charge in [0.2, 0.25) is 23.6 Å². The standard InChI is InChI=1S/C28H24N4O2/c1-5-18-9-11-19(12-10-18)24-29-31-26(33-24)21-7-6-8-22(17-21)27-32-30-25(34-27)20-13-15-23(16-14-20)28(2,3)4/h5-17H,1H2,2-4H3. The first-order valence-electron chi connectivity index (χ1n) is 11.0. The molecular weight excluding hydrogens is 424 g/mol. The van der Waals surface area contributed by atoms with Crippen LogP contribution in [-0.2, 0) is 5.41 Å². The Balaban J connectivity index is 1.39. The molecule has 0 radical (unpaired) electrons. The molecule has 0 N–H and O–H groups in total. The number of hydrogen-bond acceptors (Lipinski definition) is 6. The Hall–Kier alpha value is -4.32. The molecule has 0 aliphatic heterocycles. The quantitative estimate of drug-likeness (QED) is 0.286. The molecule has 5 aromatic rings. The largest absolute Gasteiger partial charge is 0.416 e. The third-order valence-electron chi connectivity index (χ3n) is 5.60. The molecule has 0 atom stereocenters. The highest BCUT2D eigenvalue weighted by atomic mass is 16.4. The van der Waals surface area contributed by atoms with Gasteiger partial charge in [-0.2, -0.15) is 0 Å². The van der Waals surface area contributed by atoms with Crippen LogP contribution in [-0.4, -0.2) is 20.4 Å². The van der Waals surface area contributed by atoms with Crippen molar-refractivity contribution in [3.63, 3.8) is 0 Å². The fourth-order valence-electron chi connectivity index (χ4n) is 3.57. The second-order valence-electron chi connectivity index (χ2n) is 9.06. The zero-order chi connectivity index (χ0) is 23.7. The molecule has 3 aromatic carbocycles. The molecule has 0 aliphatic rings. The first-order valence-corrected chi connectivity index (χ1v) is 11.0. The molecule has 0 saturated heterocycles. The molecule has 0 spiro atoms. The minimum absolute atomic E-state index is 0.0859. The van der Waals surface area contributed by atoms with Gasteiger partial charge in [0.25, 0.3) is 0 Å². The predicted octanol–water partition coefficient (Wildman–Crippen LogP) is 7.06. The molecular formula is C28H24N4O2. The van der Waals surface area contributed by atoms with Crippen LogP contribution in [0.5, 0.6) is 0 Å². The zero-order valence-corrected chi connectivity index (χ0v) is 19.3. The van der Waals surface area contributed by atoms with Crippen LogP contribution in [0.2, 0.25) is 0 Å². The second kappa shape index (κ2) is 8.56. The van der Waals surface area contributed by atoms with Gasteiger partial charge in [-0.1, -0.05) is 63.8 Å². The van der Waals surface area contributed by atoms with Gasteiger partial charge in [-0.3, -0.25) is 0 Å². The van der Waals surface area contributed by atoms with Gasteiger partial charge in [-0.15, -0.1) is 20.4 Å². The monoisotopic (exact) mass is 448 g/mol. The first-order chi connectivity index (χ1) is 16.4. The van der Waals surface area contributed by atoms with E-state index in [1.54, 1.807) is 6.08 Å². The Bertz CT molecular complexity index is 1440. The highest BCUT2D eigenvalue weighted by molar-refractivity contribution is 5.66. The normalized spacial score (nSPS) is 11.5. The molecule has 2 aromatic heterocycles. The summed E-state index contributed by atoms with van der Waals surface area (Å²) in [5, 5.41) is 16.9. The Morgan fingerprint density at radius 2 is 1.06 bits per heavy atom. The van der Waals surface area contributed by atoms with Crippen molar-refractivity contribution in [3.05, 3.63) is 90.5 Å². The van der Waals surface area contributed by atoms with Gasteiger partial charge in [-0.25, -0.2) is 0 Å².